The first-order valence-corrected chi connectivity index (χ1v) is 9.95. The maximum atomic E-state index is 11.5. The maximum Gasteiger partial charge on any atom is 0.342 e. The lowest BCUT2D eigenvalue weighted by Crippen LogP contribution is -1.96. The number of nitrogens with zero attached hydrogens (tertiary/aromatic N) is 2. The molecule has 1 N–H and O–H groups in total. The molecule has 0 fully saturated rings. The average molecular weight is 453 g/mol. The molecule has 2 heterocycles. The second-order valence-electron chi connectivity index (χ2n) is 4.93. The van der Waals surface area contributed by atoms with E-state index in [1.54, 1.807) is 6.07 Å². The summed E-state index contributed by atoms with van der Waals surface area (Å²) in [6, 6.07) is 11.5. The highest BCUT2D eigenvalue weighted by molar-refractivity contribution is 9.10. The molecule has 3 rings (SSSR count). The molecular formula is C17H13BrN2O4S2. The minimum absolute atomic E-state index is 0.0221. The van der Waals surface area contributed by atoms with Crippen molar-refractivity contribution in [2.75, 3.05) is 0 Å². The van der Waals surface area contributed by atoms with Crippen molar-refractivity contribution >= 4 is 51.5 Å². The number of halogens is 1. The Hall–Kier alpha value is -1.97. The van der Waals surface area contributed by atoms with Gasteiger partial charge in [-0.1, -0.05) is 36.9 Å². The predicted molar refractivity (Wildman–Crippen MR) is 102 cm³/mol. The van der Waals surface area contributed by atoms with E-state index in [0.717, 1.165) is 21.1 Å². The molecule has 0 amide bonds. The first kappa shape index (κ1) is 18.8. The third kappa shape index (κ3) is 4.80. The van der Waals surface area contributed by atoms with E-state index in [9.17, 15) is 9.90 Å². The number of aromatic nitrogens is 2. The van der Waals surface area contributed by atoms with Gasteiger partial charge in [0.1, 0.15) is 10.7 Å². The quantitative estimate of drug-likeness (QED) is 0.378. The van der Waals surface area contributed by atoms with Gasteiger partial charge in [-0.2, -0.15) is 0 Å². The minimum atomic E-state index is -1.10. The Morgan fingerprint density at radius 1 is 1.27 bits per heavy atom. The second kappa shape index (κ2) is 8.61. The molecule has 0 unspecified atom stereocenters. The summed E-state index contributed by atoms with van der Waals surface area (Å²) in [4.78, 5) is 12.6. The van der Waals surface area contributed by atoms with Crippen LogP contribution in [-0.4, -0.2) is 21.3 Å². The SMILES string of the molecule is CCc1nnc(S/C(=C\c2cc(Br)c(Sc3ccccc3)o2)C(=O)O)o1. The van der Waals surface area contributed by atoms with E-state index in [2.05, 4.69) is 26.1 Å². The molecule has 6 nitrogen and oxygen atoms in total. The zero-order chi connectivity index (χ0) is 18.5. The highest BCUT2D eigenvalue weighted by atomic mass is 79.9. The number of carbonyl (C=O) groups is 1. The van der Waals surface area contributed by atoms with Crippen LogP contribution in [-0.2, 0) is 11.2 Å². The fourth-order valence-corrected chi connectivity index (χ4v) is 3.91. The molecule has 3 aromatic rings. The van der Waals surface area contributed by atoms with Crippen LogP contribution in [0.2, 0.25) is 0 Å². The molecule has 0 radical (unpaired) electrons. The van der Waals surface area contributed by atoms with E-state index in [1.807, 2.05) is 37.3 Å². The van der Waals surface area contributed by atoms with Crippen LogP contribution in [0.4, 0.5) is 0 Å². The van der Waals surface area contributed by atoms with Crippen molar-refractivity contribution in [2.24, 2.45) is 0 Å². The average Bonchev–Trinajstić information content (AvgIpc) is 3.22. The Kier molecular flexibility index (Phi) is 6.23. The number of furan rings is 1. The van der Waals surface area contributed by atoms with E-state index >= 15 is 0 Å². The summed E-state index contributed by atoms with van der Waals surface area (Å²) in [7, 11) is 0. The Labute approximate surface area is 166 Å². The zero-order valence-electron chi connectivity index (χ0n) is 13.5. The van der Waals surface area contributed by atoms with Crippen LogP contribution in [0.25, 0.3) is 6.08 Å². The van der Waals surface area contributed by atoms with E-state index in [-0.39, 0.29) is 10.1 Å². The lowest BCUT2D eigenvalue weighted by Gasteiger charge is -1.98. The number of rotatable bonds is 7. The van der Waals surface area contributed by atoms with Gasteiger partial charge in [-0.25, -0.2) is 4.79 Å². The van der Waals surface area contributed by atoms with Gasteiger partial charge in [-0.15, -0.1) is 10.2 Å². The molecule has 0 aliphatic rings. The number of carboxylic acid groups (broad SMARTS) is 1. The van der Waals surface area contributed by atoms with Crippen molar-refractivity contribution in [1.82, 2.24) is 10.2 Å². The molecule has 2 aromatic heterocycles. The van der Waals surface area contributed by atoms with Crippen LogP contribution in [0.5, 0.6) is 0 Å². The highest BCUT2D eigenvalue weighted by Crippen LogP contribution is 2.37. The van der Waals surface area contributed by atoms with Gasteiger partial charge in [-0.3, -0.25) is 0 Å². The van der Waals surface area contributed by atoms with Crippen molar-refractivity contribution in [1.29, 1.82) is 0 Å². The van der Waals surface area contributed by atoms with Gasteiger partial charge in [0.05, 0.1) is 4.47 Å². The van der Waals surface area contributed by atoms with Crippen molar-refractivity contribution in [3.05, 3.63) is 57.4 Å². The molecular weight excluding hydrogens is 440 g/mol. The molecule has 0 saturated heterocycles. The molecule has 1 aromatic carbocycles. The molecule has 26 heavy (non-hydrogen) atoms. The smallest absolute Gasteiger partial charge is 0.342 e. The molecule has 0 aliphatic carbocycles. The lowest BCUT2D eigenvalue weighted by atomic mass is 10.4. The highest BCUT2D eigenvalue weighted by Gasteiger charge is 2.17. The molecule has 0 atom stereocenters. The Morgan fingerprint density at radius 3 is 2.69 bits per heavy atom. The molecule has 0 bridgehead atoms. The number of aryl methyl sites for hydroxylation is 1. The van der Waals surface area contributed by atoms with Gasteiger partial charge in [0.25, 0.3) is 5.22 Å². The second-order valence-corrected chi connectivity index (χ2v) is 7.82. The normalized spacial score (nSPS) is 11.7. The summed E-state index contributed by atoms with van der Waals surface area (Å²) in [5.41, 5.74) is 0. The molecule has 0 spiro atoms. The zero-order valence-corrected chi connectivity index (χ0v) is 16.7. The van der Waals surface area contributed by atoms with Gasteiger partial charge < -0.3 is 13.9 Å². The van der Waals surface area contributed by atoms with E-state index in [0.29, 0.717) is 23.2 Å². The minimum Gasteiger partial charge on any atom is -0.477 e. The number of hydrogen-bond donors (Lipinski definition) is 1. The Balaban J connectivity index is 1.81. The van der Waals surface area contributed by atoms with Gasteiger partial charge >= 0.3 is 5.97 Å². The fourth-order valence-electron chi connectivity index (χ4n) is 1.89. The monoisotopic (exact) mass is 452 g/mol. The predicted octanol–water partition coefficient (Wildman–Crippen LogP) is 5.36. The van der Waals surface area contributed by atoms with E-state index < -0.39 is 5.97 Å². The van der Waals surface area contributed by atoms with Crippen molar-refractivity contribution in [2.45, 2.75) is 28.6 Å². The van der Waals surface area contributed by atoms with Crippen LogP contribution in [0, 0.1) is 0 Å². The first-order valence-electron chi connectivity index (χ1n) is 7.52. The van der Waals surface area contributed by atoms with E-state index in [1.165, 1.54) is 17.8 Å². The van der Waals surface area contributed by atoms with Gasteiger partial charge in [-0.05, 0) is 45.9 Å². The van der Waals surface area contributed by atoms with Gasteiger partial charge in [0, 0.05) is 17.4 Å². The summed E-state index contributed by atoms with van der Waals surface area (Å²) in [6.45, 7) is 1.88. The molecule has 0 saturated carbocycles. The summed E-state index contributed by atoms with van der Waals surface area (Å²) in [5, 5.41) is 17.9. The van der Waals surface area contributed by atoms with Gasteiger partial charge in [0.2, 0.25) is 5.89 Å². The Bertz CT molecular complexity index is 937. The number of hydrogen-bond acceptors (Lipinski definition) is 7. The number of aliphatic carboxylic acids is 1. The summed E-state index contributed by atoms with van der Waals surface area (Å²) < 4.78 is 11.9. The van der Waals surface area contributed by atoms with Gasteiger partial charge in [0.15, 0.2) is 5.09 Å². The fraction of sp³-hybridized carbons (Fsp3) is 0.118. The van der Waals surface area contributed by atoms with Crippen LogP contribution in [0.15, 0.2) is 69.8 Å². The van der Waals surface area contributed by atoms with Crippen LogP contribution < -0.4 is 0 Å². The third-order valence-corrected chi connectivity index (χ3v) is 5.76. The van der Waals surface area contributed by atoms with Crippen LogP contribution in [0.1, 0.15) is 18.6 Å². The number of thioether (sulfide) groups is 1. The largest absolute Gasteiger partial charge is 0.477 e. The summed E-state index contributed by atoms with van der Waals surface area (Å²) in [6.07, 6.45) is 2.02. The van der Waals surface area contributed by atoms with Crippen molar-refractivity contribution in [3.8, 4) is 0 Å². The number of benzene rings is 1. The Morgan fingerprint density at radius 2 is 2.04 bits per heavy atom. The summed E-state index contributed by atoms with van der Waals surface area (Å²) in [5.74, 6) is -0.231. The molecule has 134 valence electrons. The van der Waals surface area contributed by atoms with Crippen molar-refractivity contribution < 1.29 is 18.7 Å². The standard InChI is InChI=1S/C17H13BrN2O4S2/c1-2-14-19-20-17(24-14)26-13(15(21)22)9-10-8-12(18)16(23-10)25-11-6-4-3-5-7-11/h3-9H,2H2,1H3,(H,21,22)/b13-9-. The van der Waals surface area contributed by atoms with E-state index in [4.69, 9.17) is 8.83 Å². The topological polar surface area (TPSA) is 89.4 Å². The van der Waals surface area contributed by atoms with Crippen LogP contribution in [0.3, 0.4) is 0 Å². The molecule has 0 aliphatic heterocycles. The number of carboxylic acids is 1. The van der Waals surface area contributed by atoms with Crippen molar-refractivity contribution in [3.63, 3.8) is 0 Å². The first-order chi connectivity index (χ1) is 12.5. The lowest BCUT2D eigenvalue weighted by molar-refractivity contribution is -0.131. The summed E-state index contributed by atoms with van der Waals surface area (Å²) >= 11 is 5.77. The molecule has 9 heteroatoms. The maximum absolute atomic E-state index is 11.5. The third-order valence-electron chi connectivity index (χ3n) is 3.06. The van der Waals surface area contributed by atoms with Crippen LogP contribution >= 0.6 is 39.5 Å².